The van der Waals surface area contributed by atoms with Crippen LogP contribution in [0.5, 0.6) is 0 Å². The molecule has 0 spiro atoms. The monoisotopic (exact) mass is 309 g/mol. The maximum Gasteiger partial charge on any atom is 0.222 e. The Kier molecular flexibility index (Phi) is 5.88. The predicted molar refractivity (Wildman–Crippen MR) is 78.8 cm³/mol. The van der Waals surface area contributed by atoms with Gasteiger partial charge in [0.05, 0.1) is 6.10 Å². The number of nitrogens with one attached hydrogen (secondary N) is 1. The predicted octanol–water partition coefficient (Wildman–Crippen LogP) is -0.332. The maximum absolute atomic E-state index is 12.3. The second-order valence-corrected chi connectivity index (χ2v) is 5.47. The number of carbonyl (C=O) groups is 2. The molecule has 0 unspecified atom stereocenters. The SMILES string of the molecule is CNC(=O)C[C@@H]1CN(C(=O)CCCn2cncn2)C[C@@H]1OC. The van der Waals surface area contributed by atoms with Crippen LogP contribution in [0.4, 0.5) is 0 Å². The van der Waals surface area contributed by atoms with Crippen molar-refractivity contribution >= 4 is 11.8 Å². The van der Waals surface area contributed by atoms with Gasteiger partial charge in [-0.3, -0.25) is 14.3 Å². The first-order valence-electron chi connectivity index (χ1n) is 7.47. The molecular formula is C14H23N5O3. The van der Waals surface area contributed by atoms with Crippen molar-refractivity contribution in [2.75, 3.05) is 27.2 Å². The second kappa shape index (κ2) is 7.88. The normalized spacial score (nSPS) is 21.1. The number of aromatic nitrogens is 3. The minimum Gasteiger partial charge on any atom is -0.379 e. The van der Waals surface area contributed by atoms with Gasteiger partial charge in [0.15, 0.2) is 0 Å². The Labute approximate surface area is 129 Å². The Bertz CT molecular complexity index is 491. The molecule has 2 rings (SSSR count). The first kappa shape index (κ1) is 16.4. The van der Waals surface area contributed by atoms with E-state index in [0.29, 0.717) is 32.5 Å². The lowest BCUT2D eigenvalue weighted by Crippen LogP contribution is -2.30. The van der Waals surface area contributed by atoms with Crippen molar-refractivity contribution in [2.24, 2.45) is 5.92 Å². The van der Waals surface area contributed by atoms with Gasteiger partial charge >= 0.3 is 0 Å². The molecule has 1 aromatic heterocycles. The Hall–Kier alpha value is -1.96. The summed E-state index contributed by atoms with van der Waals surface area (Å²) in [7, 11) is 3.24. The molecule has 0 bridgehead atoms. The average molecular weight is 309 g/mol. The fourth-order valence-corrected chi connectivity index (χ4v) is 2.75. The lowest BCUT2D eigenvalue weighted by atomic mass is 10.0. The molecule has 2 atom stereocenters. The van der Waals surface area contributed by atoms with Crippen LogP contribution in [-0.4, -0.2) is 64.8 Å². The summed E-state index contributed by atoms with van der Waals surface area (Å²) in [6, 6.07) is 0. The molecule has 8 nitrogen and oxygen atoms in total. The van der Waals surface area contributed by atoms with E-state index in [-0.39, 0.29) is 23.8 Å². The third kappa shape index (κ3) is 4.27. The van der Waals surface area contributed by atoms with E-state index in [4.69, 9.17) is 4.74 Å². The molecule has 8 heteroatoms. The van der Waals surface area contributed by atoms with Crippen LogP contribution in [0, 0.1) is 5.92 Å². The van der Waals surface area contributed by atoms with Crippen LogP contribution < -0.4 is 5.32 Å². The molecule has 2 amide bonds. The summed E-state index contributed by atoms with van der Waals surface area (Å²) < 4.78 is 7.13. The number of nitrogens with zero attached hydrogens (tertiary/aromatic N) is 4. The molecule has 1 aliphatic rings. The minimum absolute atomic E-state index is 0.0208. The van der Waals surface area contributed by atoms with Gasteiger partial charge in [0.2, 0.25) is 11.8 Å². The summed E-state index contributed by atoms with van der Waals surface area (Å²) in [4.78, 5) is 29.4. The van der Waals surface area contributed by atoms with Gasteiger partial charge < -0.3 is 15.0 Å². The van der Waals surface area contributed by atoms with Gasteiger partial charge in [0.1, 0.15) is 12.7 Å². The molecule has 22 heavy (non-hydrogen) atoms. The van der Waals surface area contributed by atoms with Crippen molar-refractivity contribution < 1.29 is 14.3 Å². The standard InChI is InChI=1S/C14H23N5O3/c1-15-13(20)6-11-7-18(8-12(11)22-2)14(21)4-3-5-19-10-16-9-17-19/h9-12H,3-8H2,1-2H3,(H,15,20)/t11-,12+/m1/s1. The molecular weight excluding hydrogens is 286 g/mol. The molecule has 1 aliphatic heterocycles. The largest absolute Gasteiger partial charge is 0.379 e. The lowest BCUT2D eigenvalue weighted by molar-refractivity contribution is -0.131. The number of likely N-dealkylation sites (tertiary alicyclic amines) is 1. The fourth-order valence-electron chi connectivity index (χ4n) is 2.75. The topological polar surface area (TPSA) is 89.4 Å². The number of methoxy groups -OCH3 is 1. The van der Waals surface area contributed by atoms with Crippen LogP contribution in [0.1, 0.15) is 19.3 Å². The minimum atomic E-state index is -0.0726. The number of aryl methyl sites for hydroxylation is 1. The smallest absolute Gasteiger partial charge is 0.222 e. The van der Waals surface area contributed by atoms with Gasteiger partial charge in [0, 0.05) is 52.6 Å². The van der Waals surface area contributed by atoms with Gasteiger partial charge in [-0.25, -0.2) is 4.98 Å². The van der Waals surface area contributed by atoms with Crippen molar-refractivity contribution in [3.8, 4) is 0 Å². The Morgan fingerprint density at radius 1 is 1.41 bits per heavy atom. The van der Waals surface area contributed by atoms with Crippen LogP contribution in [0.25, 0.3) is 0 Å². The van der Waals surface area contributed by atoms with E-state index < -0.39 is 0 Å². The third-order valence-corrected chi connectivity index (χ3v) is 4.01. The van der Waals surface area contributed by atoms with Gasteiger partial charge in [-0.15, -0.1) is 0 Å². The highest BCUT2D eigenvalue weighted by Crippen LogP contribution is 2.23. The van der Waals surface area contributed by atoms with Crippen molar-refractivity contribution in [1.29, 1.82) is 0 Å². The zero-order chi connectivity index (χ0) is 15.9. The highest BCUT2D eigenvalue weighted by Gasteiger charge is 2.36. The molecule has 0 saturated carbocycles. The fraction of sp³-hybridized carbons (Fsp3) is 0.714. The quantitative estimate of drug-likeness (QED) is 0.745. The Balaban J connectivity index is 1.79. The highest BCUT2D eigenvalue weighted by molar-refractivity contribution is 5.78. The van der Waals surface area contributed by atoms with Crippen LogP contribution in [0.15, 0.2) is 12.7 Å². The molecule has 0 radical (unpaired) electrons. The first-order chi connectivity index (χ1) is 10.6. The van der Waals surface area contributed by atoms with Crippen LogP contribution in [0.3, 0.4) is 0 Å². The van der Waals surface area contributed by atoms with Gasteiger partial charge in [0.25, 0.3) is 0 Å². The van der Waals surface area contributed by atoms with E-state index in [0.717, 1.165) is 6.42 Å². The van der Waals surface area contributed by atoms with E-state index in [1.54, 1.807) is 30.1 Å². The molecule has 122 valence electrons. The number of amides is 2. The maximum atomic E-state index is 12.3. The summed E-state index contributed by atoms with van der Waals surface area (Å²) >= 11 is 0. The number of ether oxygens (including phenoxy) is 1. The lowest BCUT2D eigenvalue weighted by Gasteiger charge is -2.15. The second-order valence-electron chi connectivity index (χ2n) is 5.47. The third-order valence-electron chi connectivity index (χ3n) is 4.01. The summed E-state index contributed by atoms with van der Waals surface area (Å²) in [6.45, 7) is 1.81. The summed E-state index contributed by atoms with van der Waals surface area (Å²) in [5, 5.41) is 6.62. The summed E-state index contributed by atoms with van der Waals surface area (Å²) in [5.74, 6) is 0.137. The molecule has 1 N–H and O–H groups in total. The molecule has 1 aromatic rings. The van der Waals surface area contributed by atoms with Gasteiger partial charge in [-0.1, -0.05) is 0 Å². The van der Waals surface area contributed by atoms with E-state index in [9.17, 15) is 9.59 Å². The van der Waals surface area contributed by atoms with Gasteiger partial charge in [-0.05, 0) is 6.42 Å². The van der Waals surface area contributed by atoms with E-state index in [1.807, 2.05) is 0 Å². The van der Waals surface area contributed by atoms with Crippen molar-refractivity contribution in [3.63, 3.8) is 0 Å². The Morgan fingerprint density at radius 2 is 2.23 bits per heavy atom. The number of carbonyl (C=O) groups excluding carboxylic acids is 2. The number of hydrogen-bond acceptors (Lipinski definition) is 5. The molecule has 1 saturated heterocycles. The van der Waals surface area contributed by atoms with Crippen LogP contribution in [0.2, 0.25) is 0 Å². The van der Waals surface area contributed by atoms with Crippen molar-refractivity contribution in [1.82, 2.24) is 25.0 Å². The van der Waals surface area contributed by atoms with E-state index >= 15 is 0 Å². The van der Waals surface area contributed by atoms with Gasteiger partial charge in [-0.2, -0.15) is 5.10 Å². The molecule has 1 fully saturated rings. The molecule has 0 aliphatic carbocycles. The Morgan fingerprint density at radius 3 is 2.86 bits per heavy atom. The summed E-state index contributed by atoms with van der Waals surface area (Å²) in [6.07, 6.45) is 4.61. The van der Waals surface area contributed by atoms with Crippen molar-refractivity contribution in [2.45, 2.75) is 31.9 Å². The van der Waals surface area contributed by atoms with Crippen LogP contribution >= 0.6 is 0 Å². The average Bonchev–Trinajstić information content (AvgIpc) is 3.16. The highest BCUT2D eigenvalue weighted by atomic mass is 16.5. The van der Waals surface area contributed by atoms with Crippen molar-refractivity contribution in [3.05, 3.63) is 12.7 Å². The molecule has 0 aromatic carbocycles. The number of hydrogen-bond donors (Lipinski definition) is 1. The zero-order valence-corrected chi connectivity index (χ0v) is 13.1. The zero-order valence-electron chi connectivity index (χ0n) is 13.1. The van der Waals surface area contributed by atoms with E-state index in [2.05, 4.69) is 15.4 Å². The van der Waals surface area contributed by atoms with E-state index in [1.165, 1.54) is 6.33 Å². The van der Waals surface area contributed by atoms with Crippen LogP contribution in [-0.2, 0) is 20.9 Å². The molecule has 2 heterocycles. The summed E-state index contributed by atoms with van der Waals surface area (Å²) in [5.41, 5.74) is 0. The number of rotatable bonds is 7. The first-order valence-corrected chi connectivity index (χ1v) is 7.47.